The van der Waals surface area contributed by atoms with E-state index in [2.05, 4.69) is 15.4 Å². The van der Waals surface area contributed by atoms with E-state index < -0.39 is 11.9 Å². The highest BCUT2D eigenvalue weighted by atomic mass is 19.4. The fourth-order valence-corrected chi connectivity index (χ4v) is 1.91. The van der Waals surface area contributed by atoms with Crippen LogP contribution in [0, 0.1) is 5.41 Å². The summed E-state index contributed by atoms with van der Waals surface area (Å²) in [5.74, 6) is 0.339. The maximum atomic E-state index is 12.7. The number of nitrogens with zero attached hydrogens (tertiary/aromatic N) is 3. The molecular weight excluding hydrogens is 285 g/mol. The number of anilines is 1. The lowest BCUT2D eigenvalue weighted by Gasteiger charge is -2.24. The van der Waals surface area contributed by atoms with Gasteiger partial charge in [-0.05, 0) is 11.8 Å². The van der Waals surface area contributed by atoms with Crippen LogP contribution in [0.15, 0.2) is 18.5 Å². The number of hydrogen-bond donors (Lipinski definition) is 2. The van der Waals surface area contributed by atoms with Crippen molar-refractivity contribution in [2.45, 2.75) is 26.4 Å². The summed E-state index contributed by atoms with van der Waals surface area (Å²) < 4.78 is 39.2. The number of alkyl halides is 3. The number of hydrogen-bond acceptors (Lipinski definition) is 4. The number of aliphatic hydroxyl groups is 1. The minimum Gasteiger partial charge on any atom is -0.396 e. The molecule has 0 radical (unpaired) electrons. The van der Waals surface area contributed by atoms with E-state index in [0.29, 0.717) is 18.8 Å². The normalized spacial score (nSPS) is 12.9. The van der Waals surface area contributed by atoms with Gasteiger partial charge in [0.25, 0.3) is 0 Å². The quantitative estimate of drug-likeness (QED) is 0.891. The molecule has 0 fully saturated rings. The molecule has 0 aliphatic rings. The minimum absolute atomic E-state index is 0.0528. The second kappa shape index (κ2) is 5.51. The first-order valence-corrected chi connectivity index (χ1v) is 6.49. The molecule has 0 atom stereocenters. The summed E-state index contributed by atoms with van der Waals surface area (Å²) in [6.07, 6.45) is -1.15. The van der Waals surface area contributed by atoms with E-state index in [9.17, 15) is 13.2 Å². The van der Waals surface area contributed by atoms with Crippen LogP contribution in [0.1, 0.15) is 26.0 Å². The summed E-state index contributed by atoms with van der Waals surface area (Å²) >= 11 is 0. The van der Waals surface area contributed by atoms with Crippen molar-refractivity contribution in [3.8, 4) is 0 Å². The molecule has 2 rings (SSSR count). The zero-order valence-corrected chi connectivity index (χ0v) is 11.8. The lowest BCUT2D eigenvalue weighted by atomic mass is 9.90. The molecule has 0 saturated heterocycles. The van der Waals surface area contributed by atoms with Crippen LogP contribution in [0.2, 0.25) is 0 Å². The molecule has 2 aromatic heterocycles. The number of fused-ring (bicyclic) bond motifs is 1. The number of nitrogens with one attached hydrogen (secondary N) is 1. The van der Waals surface area contributed by atoms with Crippen molar-refractivity contribution < 1.29 is 18.3 Å². The zero-order chi connectivity index (χ0) is 15.7. The standard InChI is InChI=1S/C13H17F3N4O/c1-12(2,3-6-21)8-18-11-9-7-10(13(14,15)16)19-20(9)5-4-17-11/h4-5,7,21H,3,6,8H2,1-2H3,(H,17,18). The zero-order valence-electron chi connectivity index (χ0n) is 11.8. The van der Waals surface area contributed by atoms with Gasteiger partial charge in [-0.25, -0.2) is 9.50 Å². The van der Waals surface area contributed by atoms with Crippen LogP contribution in [-0.2, 0) is 6.18 Å². The third-order valence-corrected chi connectivity index (χ3v) is 3.20. The average molecular weight is 302 g/mol. The van der Waals surface area contributed by atoms with E-state index in [4.69, 9.17) is 5.11 Å². The molecular formula is C13H17F3N4O. The second-order valence-corrected chi connectivity index (χ2v) is 5.62. The molecule has 116 valence electrons. The highest BCUT2D eigenvalue weighted by molar-refractivity contribution is 5.67. The third kappa shape index (κ3) is 3.63. The molecule has 0 unspecified atom stereocenters. The van der Waals surface area contributed by atoms with Gasteiger partial charge in [0, 0.05) is 31.6 Å². The van der Waals surface area contributed by atoms with Crippen LogP contribution in [0.3, 0.4) is 0 Å². The van der Waals surface area contributed by atoms with Crippen molar-refractivity contribution in [1.82, 2.24) is 14.6 Å². The minimum atomic E-state index is -4.49. The average Bonchev–Trinajstić information content (AvgIpc) is 2.80. The Bertz CT molecular complexity index is 621. The summed E-state index contributed by atoms with van der Waals surface area (Å²) in [5.41, 5.74) is -0.881. The predicted octanol–water partition coefficient (Wildman–Crippen LogP) is 2.57. The van der Waals surface area contributed by atoms with Crippen LogP contribution in [0.4, 0.5) is 19.0 Å². The second-order valence-electron chi connectivity index (χ2n) is 5.62. The Kier molecular flexibility index (Phi) is 4.08. The molecule has 2 aromatic rings. The Morgan fingerprint density at radius 1 is 1.33 bits per heavy atom. The highest BCUT2D eigenvalue weighted by Crippen LogP contribution is 2.30. The van der Waals surface area contributed by atoms with Gasteiger partial charge in [0.1, 0.15) is 5.52 Å². The van der Waals surface area contributed by atoms with Crippen LogP contribution in [0.5, 0.6) is 0 Å². The Labute approximate surface area is 119 Å². The van der Waals surface area contributed by atoms with Gasteiger partial charge in [-0.3, -0.25) is 0 Å². The first-order chi connectivity index (χ1) is 9.73. The summed E-state index contributed by atoms with van der Waals surface area (Å²) in [6, 6.07) is 0.967. The number of halogens is 3. The van der Waals surface area contributed by atoms with Gasteiger partial charge in [0.2, 0.25) is 0 Å². The maximum absolute atomic E-state index is 12.7. The van der Waals surface area contributed by atoms with E-state index in [1.807, 2.05) is 13.8 Å². The van der Waals surface area contributed by atoms with Gasteiger partial charge in [-0.1, -0.05) is 13.8 Å². The molecule has 21 heavy (non-hydrogen) atoms. The third-order valence-electron chi connectivity index (χ3n) is 3.20. The molecule has 0 aliphatic carbocycles. The maximum Gasteiger partial charge on any atom is 0.435 e. The number of rotatable bonds is 5. The lowest BCUT2D eigenvalue weighted by Crippen LogP contribution is -2.24. The van der Waals surface area contributed by atoms with Crippen molar-refractivity contribution in [3.63, 3.8) is 0 Å². The van der Waals surface area contributed by atoms with E-state index >= 15 is 0 Å². The van der Waals surface area contributed by atoms with E-state index in [1.165, 1.54) is 12.4 Å². The Morgan fingerprint density at radius 2 is 2.05 bits per heavy atom. The Balaban J connectivity index is 2.26. The van der Waals surface area contributed by atoms with Gasteiger partial charge >= 0.3 is 6.18 Å². The summed E-state index contributed by atoms with van der Waals surface area (Å²) in [5, 5.41) is 15.5. The smallest absolute Gasteiger partial charge is 0.396 e. The van der Waals surface area contributed by atoms with Crippen molar-refractivity contribution >= 4 is 11.3 Å². The monoisotopic (exact) mass is 302 g/mol. The van der Waals surface area contributed by atoms with Crippen molar-refractivity contribution in [2.75, 3.05) is 18.5 Å². The molecule has 5 nitrogen and oxygen atoms in total. The topological polar surface area (TPSA) is 62.5 Å². The van der Waals surface area contributed by atoms with Gasteiger partial charge < -0.3 is 10.4 Å². The molecule has 0 aromatic carbocycles. The fourth-order valence-electron chi connectivity index (χ4n) is 1.91. The Hall–Kier alpha value is -1.83. The summed E-state index contributed by atoms with van der Waals surface area (Å²) in [4.78, 5) is 4.06. The molecule has 0 aliphatic heterocycles. The van der Waals surface area contributed by atoms with Gasteiger partial charge in [0.05, 0.1) is 0 Å². The van der Waals surface area contributed by atoms with Crippen molar-refractivity contribution in [1.29, 1.82) is 0 Å². The van der Waals surface area contributed by atoms with Crippen molar-refractivity contribution in [3.05, 3.63) is 24.2 Å². The first kappa shape index (κ1) is 15.6. The predicted molar refractivity (Wildman–Crippen MR) is 72.0 cm³/mol. The SMILES string of the molecule is CC(C)(CCO)CNc1nccn2nc(C(F)(F)F)cc12. The summed E-state index contributed by atoms with van der Waals surface area (Å²) in [7, 11) is 0. The molecule has 8 heteroatoms. The molecule has 0 amide bonds. The van der Waals surface area contributed by atoms with Crippen LogP contribution < -0.4 is 5.32 Å². The lowest BCUT2D eigenvalue weighted by molar-refractivity contribution is -0.141. The van der Waals surface area contributed by atoms with Crippen LogP contribution >= 0.6 is 0 Å². The highest BCUT2D eigenvalue weighted by Gasteiger charge is 2.34. The van der Waals surface area contributed by atoms with Crippen LogP contribution in [-0.4, -0.2) is 32.9 Å². The molecule has 2 heterocycles. The number of aromatic nitrogens is 3. The number of aliphatic hydroxyl groups excluding tert-OH is 1. The molecule has 2 N–H and O–H groups in total. The largest absolute Gasteiger partial charge is 0.435 e. The van der Waals surface area contributed by atoms with E-state index in [-0.39, 0.29) is 17.5 Å². The van der Waals surface area contributed by atoms with Crippen molar-refractivity contribution in [2.24, 2.45) is 5.41 Å². The van der Waals surface area contributed by atoms with Crippen LogP contribution in [0.25, 0.3) is 5.52 Å². The summed E-state index contributed by atoms with van der Waals surface area (Å²) in [6.45, 7) is 4.44. The molecule has 0 bridgehead atoms. The molecule has 0 saturated carbocycles. The van der Waals surface area contributed by atoms with Gasteiger partial charge in [0.15, 0.2) is 11.5 Å². The van der Waals surface area contributed by atoms with Gasteiger partial charge in [-0.2, -0.15) is 18.3 Å². The fraction of sp³-hybridized carbons (Fsp3) is 0.538. The van der Waals surface area contributed by atoms with E-state index in [0.717, 1.165) is 10.6 Å². The first-order valence-electron chi connectivity index (χ1n) is 6.49. The van der Waals surface area contributed by atoms with Gasteiger partial charge in [-0.15, -0.1) is 0 Å². The van der Waals surface area contributed by atoms with E-state index in [1.54, 1.807) is 0 Å². The molecule has 0 spiro atoms. The Morgan fingerprint density at radius 3 is 2.67 bits per heavy atom.